The van der Waals surface area contributed by atoms with Crippen LogP contribution in [0, 0.1) is 5.92 Å². The molecule has 1 aliphatic heterocycles. The van der Waals surface area contributed by atoms with E-state index in [2.05, 4.69) is 26.1 Å². The minimum absolute atomic E-state index is 0.00562. The quantitative estimate of drug-likeness (QED) is 0.561. The molecule has 5 N–H and O–H groups in total. The van der Waals surface area contributed by atoms with E-state index in [1.54, 1.807) is 6.07 Å². The number of hydrogen-bond acceptors (Lipinski definition) is 7. The molecule has 2 aromatic rings. The minimum atomic E-state index is -0.710. The first-order valence-electron chi connectivity index (χ1n) is 9.81. The molecule has 29 heavy (non-hydrogen) atoms. The summed E-state index contributed by atoms with van der Waals surface area (Å²) in [6, 6.07) is 8.92. The van der Waals surface area contributed by atoms with E-state index in [9.17, 15) is 9.59 Å². The van der Waals surface area contributed by atoms with E-state index in [-0.39, 0.29) is 29.4 Å². The van der Waals surface area contributed by atoms with Crippen LogP contribution < -0.4 is 26.4 Å². The van der Waals surface area contributed by atoms with Crippen LogP contribution in [0.2, 0.25) is 0 Å². The van der Waals surface area contributed by atoms with Gasteiger partial charge in [0.2, 0.25) is 5.91 Å². The zero-order valence-electron chi connectivity index (χ0n) is 16.6. The van der Waals surface area contributed by atoms with Crippen LogP contribution in [0.15, 0.2) is 30.3 Å². The van der Waals surface area contributed by atoms with E-state index in [0.717, 1.165) is 31.7 Å². The van der Waals surface area contributed by atoms with Crippen molar-refractivity contribution in [2.24, 2.45) is 11.7 Å². The largest absolute Gasteiger partial charge is 0.488 e. The van der Waals surface area contributed by atoms with E-state index in [4.69, 9.17) is 10.5 Å². The second-order valence-corrected chi connectivity index (χ2v) is 6.67. The normalized spacial score (nSPS) is 15.4. The SMILES string of the molecule is CC.NC(=O)c1nnc(NC(=O)C2CC2)cc1Nc1cccc(OC2CNC2)c1. The van der Waals surface area contributed by atoms with Crippen LogP contribution in [0.25, 0.3) is 0 Å². The highest BCUT2D eigenvalue weighted by Crippen LogP contribution is 2.30. The highest BCUT2D eigenvalue weighted by molar-refractivity contribution is 5.98. The lowest BCUT2D eigenvalue weighted by Crippen LogP contribution is -2.50. The predicted molar refractivity (Wildman–Crippen MR) is 110 cm³/mol. The molecule has 1 saturated heterocycles. The van der Waals surface area contributed by atoms with Gasteiger partial charge in [0.15, 0.2) is 11.5 Å². The van der Waals surface area contributed by atoms with E-state index < -0.39 is 5.91 Å². The third-order valence-corrected chi connectivity index (χ3v) is 4.39. The summed E-state index contributed by atoms with van der Waals surface area (Å²) in [4.78, 5) is 23.6. The molecule has 2 amide bonds. The van der Waals surface area contributed by atoms with Crippen molar-refractivity contribution < 1.29 is 14.3 Å². The number of benzene rings is 1. The maximum absolute atomic E-state index is 11.9. The Kier molecular flexibility index (Phi) is 6.61. The van der Waals surface area contributed by atoms with Gasteiger partial charge < -0.3 is 26.4 Å². The molecule has 4 rings (SSSR count). The number of aromatic nitrogens is 2. The summed E-state index contributed by atoms with van der Waals surface area (Å²) in [7, 11) is 0. The second-order valence-electron chi connectivity index (χ2n) is 6.67. The average molecular weight is 398 g/mol. The summed E-state index contributed by atoms with van der Waals surface area (Å²) in [5, 5.41) is 16.7. The summed E-state index contributed by atoms with van der Waals surface area (Å²) >= 11 is 0. The molecule has 1 saturated carbocycles. The fraction of sp³-hybridized carbons (Fsp3) is 0.400. The molecular formula is C20H26N6O3. The molecule has 0 spiro atoms. The Balaban J connectivity index is 0.00000117. The molecule has 2 aliphatic rings. The molecule has 1 aliphatic carbocycles. The van der Waals surface area contributed by atoms with Gasteiger partial charge in [-0.05, 0) is 25.0 Å². The van der Waals surface area contributed by atoms with Gasteiger partial charge in [0, 0.05) is 36.8 Å². The smallest absolute Gasteiger partial charge is 0.271 e. The van der Waals surface area contributed by atoms with Crippen LogP contribution in [0.5, 0.6) is 5.75 Å². The Morgan fingerprint density at radius 3 is 2.55 bits per heavy atom. The van der Waals surface area contributed by atoms with Crippen LogP contribution in [-0.2, 0) is 4.79 Å². The van der Waals surface area contributed by atoms with Gasteiger partial charge in [-0.25, -0.2) is 0 Å². The lowest BCUT2D eigenvalue weighted by molar-refractivity contribution is -0.117. The number of nitrogens with two attached hydrogens (primary N) is 1. The molecule has 1 aromatic heterocycles. The molecule has 0 radical (unpaired) electrons. The fourth-order valence-electron chi connectivity index (χ4n) is 2.64. The summed E-state index contributed by atoms with van der Waals surface area (Å²) in [6.45, 7) is 5.64. The number of rotatable bonds is 7. The van der Waals surface area contributed by atoms with Crippen molar-refractivity contribution in [3.05, 3.63) is 36.0 Å². The Bertz CT molecular complexity index is 880. The standard InChI is InChI=1S/C18H20N6O3.C2H6/c19-17(25)16-14(7-15(23-24-16)22-18(26)10-4-5-10)21-11-2-1-3-12(6-11)27-13-8-20-9-13;1-2/h1-3,6-7,10,13,20H,4-5,8-9H2,(H2,19,25)(H2,21,22,23,26);1-2H3. The topological polar surface area (TPSA) is 131 Å². The van der Waals surface area contributed by atoms with Crippen molar-refractivity contribution in [3.63, 3.8) is 0 Å². The van der Waals surface area contributed by atoms with E-state index in [1.807, 2.05) is 38.1 Å². The molecular weight excluding hydrogens is 372 g/mol. The van der Waals surface area contributed by atoms with Gasteiger partial charge in [-0.15, -0.1) is 10.2 Å². The zero-order chi connectivity index (χ0) is 20.8. The molecule has 0 unspecified atom stereocenters. The van der Waals surface area contributed by atoms with Gasteiger partial charge in [-0.1, -0.05) is 19.9 Å². The maximum Gasteiger partial charge on any atom is 0.271 e. The third-order valence-electron chi connectivity index (χ3n) is 4.39. The van der Waals surface area contributed by atoms with Crippen LogP contribution in [-0.4, -0.2) is 41.2 Å². The Morgan fingerprint density at radius 2 is 1.93 bits per heavy atom. The van der Waals surface area contributed by atoms with Gasteiger partial charge in [-0.3, -0.25) is 9.59 Å². The molecule has 154 valence electrons. The minimum Gasteiger partial charge on any atom is -0.488 e. The maximum atomic E-state index is 11.9. The first kappa shape index (κ1) is 20.5. The molecule has 2 fully saturated rings. The number of carbonyl (C=O) groups excluding carboxylic acids is 2. The van der Waals surface area contributed by atoms with Crippen molar-refractivity contribution in [3.8, 4) is 5.75 Å². The number of amides is 2. The molecule has 1 aromatic carbocycles. The van der Waals surface area contributed by atoms with Crippen LogP contribution in [0.1, 0.15) is 37.2 Å². The Hall–Kier alpha value is -3.20. The average Bonchev–Trinajstić information content (AvgIpc) is 3.52. The first-order valence-corrected chi connectivity index (χ1v) is 9.81. The van der Waals surface area contributed by atoms with Gasteiger partial charge in [0.05, 0.1) is 5.69 Å². The summed E-state index contributed by atoms with van der Waals surface area (Å²) in [6.07, 6.45) is 1.92. The molecule has 0 bridgehead atoms. The number of nitrogens with one attached hydrogen (secondary N) is 3. The molecule has 9 heteroatoms. The van der Waals surface area contributed by atoms with E-state index in [1.165, 1.54) is 0 Å². The summed E-state index contributed by atoms with van der Waals surface area (Å²) < 4.78 is 5.84. The van der Waals surface area contributed by atoms with Crippen molar-refractivity contribution in [1.82, 2.24) is 15.5 Å². The van der Waals surface area contributed by atoms with Gasteiger partial charge in [0.1, 0.15) is 11.9 Å². The number of hydrogen-bond donors (Lipinski definition) is 4. The van der Waals surface area contributed by atoms with Gasteiger partial charge >= 0.3 is 0 Å². The predicted octanol–water partition coefficient (Wildman–Crippen LogP) is 2.04. The van der Waals surface area contributed by atoms with E-state index in [0.29, 0.717) is 11.4 Å². The highest BCUT2D eigenvalue weighted by Gasteiger charge is 2.30. The number of carbonyl (C=O) groups is 2. The van der Waals surface area contributed by atoms with Crippen molar-refractivity contribution >= 4 is 29.0 Å². The third kappa shape index (κ3) is 5.41. The lowest BCUT2D eigenvalue weighted by Gasteiger charge is -2.28. The van der Waals surface area contributed by atoms with Crippen LogP contribution in [0.4, 0.5) is 17.2 Å². The number of anilines is 3. The molecule has 9 nitrogen and oxygen atoms in total. The molecule has 2 heterocycles. The monoisotopic (exact) mass is 398 g/mol. The number of nitrogens with zero attached hydrogens (tertiary/aromatic N) is 2. The number of ether oxygens (including phenoxy) is 1. The highest BCUT2D eigenvalue weighted by atomic mass is 16.5. The van der Waals surface area contributed by atoms with Gasteiger partial charge in [0.25, 0.3) is 5.91 Å². The zero-order valence-corrected chi connectivity index (χ0v) is 16.6. The van der Waals surface area contributed by atoms with Crippen LogP contribution >= 0.6 is 0 Å². The Labute approximate surface area is 169 Å². The molecule has 0 atom stereocenters. The van der Waals surface area contributed by atoms with Crippen molar-refractivity contribution in [2.45, 2.75) is 32.8 Å². The van der Waals surface area contributed by atoms with Crippen LogP contribution in [0.3, 0.4) is 0 Å². The summed E-state index contributed by atoms with van der Waals surface area (Å²) in [5.74, 6) is 0.224. The first-order chi connectivity index (χ1) is 14.1. The number of primary amides is 1. The summed E-state index contributed by atoms with van der Waals surface area (Å²) in [5.41, 5.74) is 6.46. The second kappa shape index (κ2) is 9.33. The van der Waals surface area contributed by atoms with E-state index >= 15 is 0 Å². The fourth-order valence-corrected chi connectivity index (χ4v) is 2.64. The van der Waals surface area contributed by atoms with Crippen molar-refractivity contribution in [1.29, 1.82) is 0 Å². The lowest BCUT2D eigenvalue weighted by atomic mass is 10.2. The van der Waals surface area contributed by atoms with Crippen molar-refractivity contribution in [2.75, 3.05) is 23.7 Å². The Morgan fingerprint density at radius 1 is 1.17 bits per heavy atom. The van der Waals surface area contributed by atoms with Gasteiger partial charge in [-0.2, -0.15) is 0 Å².